The number of benzene rings is 1. The number of pyridine rings is 1. The zero-order chi connectivity index (χ0) is 14.5. The minimum absolute atomic E-state index is 0.0799. The molecule has 0 atom stereocenters. The molecule has 0 radical (unpaired) electrons. The molecule has 0 spiro atoms. The van der Waals surface area contributed by atoms with E-state index >= 15 is 0 Å². The van der Waals surface area contributed by atoms with Gasteiger partial charge in [0.05, 0.1) is 0 Å². The number of nitrogens with zero attached hydrogens (tertiary/aromatic N) is 1. The van der Waals surface area contributed by atoms with Crippen molar-refractivity contribution in [2.45, 2.75) is 26.8 Å². The number of rotatable bonds is 5. The highest BCUT2D eigenvalue weighted by Gasteiger charge is 2.05. The summed E-state index contributed by atoms with van der Waals surface area (Å²) in [6, 6.07) is 9.27. The average molecular weight is 291 g/mol. The van der Waals surface area contributed by atoms with Crippen LogP contribution >= 0.6 is 11.6 Å². The molecule has 3 nitrogen and oxygen atoms in total. The van der Waals surface area contributed by atoms with Gasteiger partial charge in [0.15, 0.2) is 5.43 Å². The molecule has 1 aromatic carbocycles. The van der Waals surface area contributed by atoms with Crippen molar-refractivity contribution in [2.24, 2.45) is 0 Å². The van der Waals surface area contributed by atoms with Crippen molar-refractivity contribution in [1.29, 1.82) is 0 Å². The molecule has 0 bridgehead atoms. The van der Waals surface area contributed by atoms with Crippen LogP contribution in [0.5, 0.6) is 0 Å². The molecule has 0 saturated carbocycles. The third-order valence-electron chi connectivity index (χ3n) is 3.17. The maximum atomic E-state index is 12.0. The normalized spacial score (nSPS) is 10.8. The lowest BCUT2D eigenvalue weighted by molar-refractivity contribution is 0.668. The average Bonchev–Trinajstić information content (AvgIpc) is 2.43. The van der Waals surface area contributed by atoms with Gasteiger partial charge in [-0.25, -0.2) is 0 Å². The molecule has 2 rings (SSSR count). The van der Waals surface area contributed by atoms with Crippen molar-refractivity contribution in [2.75, 3.05) is 6.54 Å². The van der Waals surface area contributed by atoms with Crippen molar-refractivity contribution in [1.82, 2.24) is 9.88 Å². The summed E-state index contributed by atoms with van der Waals surface area (Å²) in [6.45, 7) is 5.54. The van der Waals surface area contributed by atoms with Crippen LogP contribution in [-0.4, -0.2) is 11.1 Å². The molecular formula is C16H19ClN2O. The molecule has 4 heteroatoms. The highest BCUT2D eigenvalue weighted by molar-refractivity contribution is 6.30. The van der Waals surface area contributed by atoms with Crippen molar-refractivity contribution < 1.29 is 0 Å². The molecular weight excluding hydrogens is 272 g/mol. The Hall–Kier alpha value is -1.58. The first-order chi connectivity index (χ1) is 9.61. The second kappa shape index (κ2) is 6.73. The lowest BCUT2D eigenvalue weighted by Gasteiger charge is -2.13. The van der Waals surface area contributed by atoms with Crippen molar-refractivity contribution in [3.05, 3.63) is 63.0 Å². The summed E-state index contributed by atoms with van der Waals surface area (Å²) >= 11 is 5.91. The quantitative estimate of drug-likeness (QED) is 0.857. The lowest BCUT2D eigenvalue weighted by atomic mass is 10.2. The molecule has 1 aromatic heterocycles. The standard InChI is InChI=1S/C16H19ClN2O/c1-3-8-18-10-13-11-19(12(2)9-16(13)20)15-6-4-14(17)5-7-15/h4-7,9,11,18H,3,8,10H2,1-2H3. The summed E-state index contributed by atoms with van der Waals surface area (Å²) in [4.78, 5) is 12.0. The van der Waals surface area contributed by atoms with E-state index in [0.29, 0.717) is 11.6 Å². The van der Waals surface area contributed by atoms with Gasteiger partial charge in [-0.05, 0) is 44.2 Å². The fourth-order valence-electron chi connectivity index (χ4n) is 2.09. The SMILES string of the molecule is CCCNCc1cn(-c2ccc(Cl)cc2)c(C)cc1=O. The van der Waals surface area contributed by atoms with E-state index in [-0.39, 0.29) is 5.43 Å². The zero-order valence-electron chi connectivity index (χ0n) is 11.8. The molecule has 0 aliphatic heterocycles. The van der Waals surface area contributed by atoms with Crippen LogP contribution in [0, 0.1) is 6.92 Å². The summed E-state index contributed by atoms with van der Waals surface area (Å²) in [5, 5.41) is 3.97. The van der Waals surface area contributed by atoms with E-state index in [2.05, 4.69) is 12.2 Å². The number of aromatic nitrogens is 1. The zero-order valence-corrected chi connectivity index (χ0v) is 12.6. The molecule has 0 amide bonds. The Kier molecular flexibility index (Phi) is 4.99. The van der Waals surface area contributed by atoms with Crippen LogP contribution in [0.25, 0.3) is 5.69 Å². The third kappa shape index (κ3) is 3.50. The third-order valence-corrected chi connectivity index (χ3v) is 3.42. The predicted molar refractivity (Wildman–Crippen MR) is 83.8 cm³/mol. The summed E-state index contributed by atoms with van der Waals surface area (Å²) in [5.41, 5.74) is 2.77. The second-order valence-electron chi connectivity index (χ2n) is 4.83. The lowest BCUT2D eigenvalue weighted by Crippen LogP contribution is -2.22. The second-order valence-corrected chi connectivity index (χ2v) is 5.26. The van der Waals surface area contributed by atoms with Gasteiger partial charge in [0.1, 0.15) is 0 Å². The van der Waals surface area contributed by atoms with Crippen molar-refractivity contribution >= 4 is 11.6 Å². The summed E-state index contributed by atoms with van der Waals surface area (Å²) in [5.74, 6) is 0. The maximum absolute atomic E-state index is 12.0. The summed E-state index contributed by atoms with van der Waals surface area (Å²) in [6.07, 6.45) is 2.96. The van der Waals surface area contributed by atoms with Gasteiger partial charge in [-0.1, -0.05) is 18.5 Å². The number of hydrogen-bond donors (Lipinski definition) is 1. The van der Waals surface area contributed by atoms with Crippen LogP contribution in [-0.2, 0) is 6.54 Å². The highest BCUT2D eigenvalue weighted by atomic mass is 35.5. The van der Waals surface area contributed by atoms with E-state index in [1.807, 2.05) is 42.0 Å². The molecule has 106 valence electrons. The summed E-state index contributed by atoms with van der Waals surface area (Å²) in [7, 11) is 0. The Balaban J connectivity index is 2.35. The Morgan fingerprint density at radius 3 is 2.60 bits per heavy atom. The molecule has 0 unspecified atom stereocenters. The van der Waals surface area contributed by atoms with Crippen LogP contribution in [0.3, 0.4) is 0 Å². The van der Waals surface area contributed by atoms with Crippen molar-refractivity contribution in [3.63, 3.8) is 0 Å². The fraction of sp³-hybridized carbons (Fsp3) is 0.312. The van der Waals surface area contributed by atoms with E-state index in [9.17, 15) is 4.79 Å². The number of hydrogen-bond acceptors (Lipinski definition) is 2. The maximum Gasteiger partial charge on any atom is 0.186 e. The molecule has 0 fully saturated rings. The van der Waals surface area contributed by atoms with Gasteiger partial charge in [0.2, 0.25) is 0 Å². The summed E-state index contributed by atoms with van der Waals surface area (Å²) < 4.78 is 2.01. The minimum Gasteiger partial charge on any atom is -0.321 e. The van der Waals surface area contributed by atoms with Gasteiger partial charge >= 0.3 is 0 Å². The van der Waals surface area contributed by atoms with Crippen LogP contribution in [0.15, 0.2) is 41.3 Å². The number of aryl methyl sites for hydroxylation is 1. The molecule has 0 aliphatic carbocycles. The Morgan fingerprint density at radius 1 is 1.25 bits per heavy atom. The van der Waals surface area contributed by atoms with Crippen LogP contribution in [0.2, 0.25) is 5.02 Å². The molecule has 0 saturated heterocycles. The molecule has 1 heterocycles. The number of halogens is 1. The van der Waals surface area contributed by atoms with Gasteiger partial charge in [0.25, 0.3) is 0 Å². The van der Waals surface area contributed by atoms with Crippen LogP contribution < -0.4 is 10.7 Å². The first-order valence-electron chi connectivity index (χ1n) is 6.80. The monoisotopic (exact) mass is 290 g/mol. The van der Waals surface area contributed by atoms with Gasteiger partial charge in [-0.2, -0.15) is 0 Å². The topological polar surface area (TPSA) is 34.0 Å². The van der Waals surface area contributed by atoms with E-state index in [1.54, 1.807) is 6.07 Å². The largest absolute Gasteiger partial charge is 0.321 e. The van der Waals surface area contributed by atoms with Crippen LogP contribution in [0.4, 0.5) is 0 Å². The minimum atomic E-state index is 0.0799. The van der Waals surface area contributed by atoms with Gasteiger partial charge in [-0.15, -0.1) is 0 Å². The predicted octanol–water partition coefficient (Wildman–Crippen LogP) is 3.30. The first kappa shape index (κ1) is 14.8. The first-order valence-corrected chi connectivity index (χ1v) is 7.18. The Bertz CT molecular complexity index is 632. The van der Waals surface area contributed by atoms with E-state index < -0.39 is 0 Å². The highest BCUT2D eigenvalue weighted by Crippen LogP contribution is 2.15. The molecule has 20 heavy (non-hydrogen) atoms. The van der Waals surface area contributed by atoms with E-state index in [1.165, 1.54) is 0 Å². The molecule has 2 aromatic rings. The fourth-order valence-corrected chi connectivity index (χ4v) is 2.21. The van der Waals surface area contributed by atoms with Gasteiger partial charge < -0.3 is 9.88 Å². The van der Waals surface area contributed by atoms with Crippen LogP contribution in [0.1, 0.15) is 24.6 Å². The van der Waals surface area contributed by atoms with Gasteiger partial charge in [0, 0.05) is 40.8 Å². The van der Waals surface area contributed by atoms with Gasteiger partial charge in [-0.3, -0.25) is 4.79 Å². The smallest absolute Gasteiger partial charge is 0.186 e. The molecule has 1 N–H and O–H groups in total. The van der Waals surface area contributed by atoms with E-state index in [0.717, 1.165) is 29.9 Å². The Morgan fingerprint density at radius 2 is 1.95 bits per heavy atom. The van der Waals surface area contributed by atoms with Crippen molar-refractivity contribution in [3.8, 4) is 5.69 Å². The Labute approximate surface area is 124 Å². The molecule has 0 aliphatic rings. The number of nitrogens with one attached hydrogen (secondary N) is 1. The van der Waals surface area contributed by atoms with E-state index in [4.69, 9.17) is 11.6 Å².